The van der Waals surface area contributed by atoms with E-state index in [-0.39, 0.29) is 23.8 Å². The molecule has 7 heteroatoms. The van der Waals surface area contributed by atoms with Crippen LogP contribution >= 0.6 is 0 Å². The van der Waals surface area contributed by atoms with E-state index in [2.05, 4.69) is 5.32 Å². The van der Waals surface area contributed by atoms with Gasteiger partial charge >= 0.3 is 5.97 Å². The van der Waals surface area contributed by atoms with Crippen LogP contribution in [0.4, 0.5) is 5.69 Å². The van der Waals surface area contributed by atoms with Crippen molar-refractivity contribution in [1.82, 2.24) is 0 Å². The number of anilines is 1. The molecule has 1 aliphatic rings. The molecule has 1 aromatic carbocycles. The first-order chi connectivity index (χ1) is 10.9. The normalized spacial score (nSPS) is 16.6. The monoisotopic (exact) mass is 323 g/mol. The van der Waals surface area contributed by atoms with Gasteiger partial charge in [0, 0.05) is 11.8 Å². The van der Waals surface area contributed by atoms with Gasteiger partial charge in [-0.25, -0.2) is 4.79 Å². The standard InChI is InChI=1S/C16H22N2O5/c1-3-23-16(21)13-5-4-12(10-14(13)19)17-15(20)11-18(2)6-8-22-9-7-18/h4-5,10H,3,6-9,11H2,1-2H3,(H-,17,19,20,21)/p+1. The molecule has 0 aliphatic carbocycles. The first-order valence-electron chi connectivity index (χ1n) is 7.65. The van der Waals surface area contributed by atoms with E-state index in [9.17, 15) is 14.7 Å². The smallest absolute Gasteiger partial charge is 0.341 e. The number of hydrogen-bond donors (Lipinski definition) is 2. The van der Waals surface area contributed by atoms with Crippen molar-refractivity contribution < 1.29 is 28.7 Å². The minimum atomic E-state index is -0.589. The minimum Gasteiger partial charge on any atom is -0.507 e. The van der Waals surface area contributed by atoms with Gasteiger partial charge in [-0.3, -0.25) is 4.79 Å². The molecule has 23 heavy (non-hydrogen) atoms. The topological polar surface area (TPSA) is 84.9 Å². The summed E-state index contributed by atoms with van der Waals surface area (Å²) >= 11 is 0. The van der Waals surface area contributed by atoms with Crippen LogP contribution in [0.1, 0.15) is 17.3 Å². The number of likely N-dealkylation sites (N-methyl/N-ethyl adjacent to an activating group) is 1. The number of nitrogens with one attached hydrogen (secondary N) is 1. The lowest BCUT2D eigenvalue weighted by atomic mass is 10.2. The number of esters is 1. The highest BCUT2D eigenvalue weighted by Crippen LogP contribution is 2.23. The lowest BCUT2D eigenvalue weighted by Gasteiger charge is -2.36. The summed E-state index contributed by atoms with van der Waals surface area (Å²) < 4.78 is 10.8. The highest BCUT2D eigenvalue weighted by Gasteiger charge is 2.28. The number of rotatable bonds is 5. The molecule has 126 valence electrons. The third-order valence-corrected chi connectivity index (χ3v) is 3.85. The van der Waals surface area contributed by atoms with E-state index in [4.69, 9.17) is 9.47 Å². The summed E-state index contributed by atoms with van der Waals surface area (Å²) in [6.07, 6.45) is 0. The van der Waals surface area contributed by atoms with E-state index in [0.29, 0.717) is 29.9 Å². The van der Waals surface area contributed by atoms with E-state index in [1.807, 2.05) is 7.05 Å². The number of carbonyl (C=O) groups excluding carboxylic acids is 2. The highest BCUT2D eigenvalue weighted by atomic mass is 16.5. The molecule has 1 amide bonds. The van der Waals surface area contributed by atoms with Crippen LogP contribution in [0, 0.1) is 0 Å². The number of phenolic OH excluding ortho intramolecular Hbond substituents is 1. The van der Waals surface area contributed by atoms with Gasteiger partial charge in [0.2, 0.25) is 0 Å². The van der Waals surface area contributed by atoms with Crippen LogP contribution in [0.15, 0.2) is 18.2 Å². The molecule has 0 aromatic heterocycles. The molecule has 2 N–H and O–H groups in total. The largest absolute Gasteiger partial charge is 0.507 e. The Labute approximate surface area is 135 Å². The van der Waals surface area contributed by atoms with Crippen LogP contribution in [0.25, 0.3) is 0 Å². The number of carbonyl (C=O) groups is 2. The number of nitrogens with zero attached hydrogens (tertiary/aromatic N) is 1. The van der Waals surface area contributed by atoms with Crippen LogP contribution in [-0.2, 0) is 14.3 Å². The molecule has 0 saturated carbocycles. The summed E-state index contributed by atoms with van der Waals surface area (Å²) in [5.74, 6) is -0.944. The summed E-state index contributed by atoms with van der Waals surface area (Å²) in [4.78, 5) is 23.8. The van der Waals surface area contributed by atoms with Crippen molar-refractivity contribution >= 4 is 17.6 Å². The van der Waals surface area contributed by atoms with E-state index in [1.165, 1.54) is 12.1 Å². The van der Waals surface area contributed by atoms with Crippen molar-refractivity contribution in [3.05, 3.63) is 23.8 Å². The summed E-state index contributed by atoms with van der Waals surface area (Å²) in [6, 6.07) is 4.36. The molecule has 1 fully saturated rings. The molecule has 0 unspecified atom stereocenters. The second-order valence-electron chi connectivity index (χ2n) is 5.84. The maximum absolute atomic E-state index is 12.2. The predicted molar refractivity (Wildman–Crippen MR) is 84.3 cm³/mol. The van der Waals surface area contributed by atoms with Gasteiger partial charge in [-0.1, -0.05) is 0 Å². The molecule has 7 nitrogen and oxygen atoms in total. The van der Waals surface area contributed by atoms with Gasteiger partial charge in [-0.2, -0.15) is 0 Å². The van der Waals surface area contributed by atoms with Gasteiger partial charge in [-0.15, -0.1) is 0 Å². The zero-order chi connectivity index (χ0) is 16.9. The SMILES string of the molecule is CCOC(=O)c1ccc(NC(=O)C[N+]2(C)CCOCC2)cc1O. The molecule has 1 aromatic rings. The Balaban J connectivity index is 1.98. The van der Waals surface area contributed by atoms with E-state index >= 15 is 0 Å². The molecule has 1 saturated heterocycles. The number of ether oxygens (including phenoxy) is 2. The van der Waals surface area contributed by atoms with Crippen molar-refractivity contribution in [1.29, 1.82) is 0 Å². The molecule has 0 atom stereocenters. The Morgan fingerprint density at radius 3 is 2.65 bits per heavy atom. The quantitative estimate of drug-likeness (QED) is 0.623. The van der Waals surface area contributed by atoms with Crippen LogP contribution in [0.5, 0.6) is 5.75 Å². The van der Waals surface area contributed by atoms with Crippen LogP contribution in [0.3, 0.4) is 0 Å². The van der Waals surface area contributed by atoms with Crippen molar-refractivity contribution in [2.24, 2.45) is 0 Å². The molecular formula is C16H23N2O5+. The lowest BCUT2D eigenvalue weighted by molar-refractivity contribution is -0.909. The molecule has 1 heterocycles. The Hall–Kier alpha value is -2.12. The number of quaternary nitrogens is 1. The zero-order valence-electron chi connectivity index (χ0n) is 13.5. The number of phenols is 1. The summed E-state index contributed by atoms with van der Waals surface area (Å²) in [5.41, 5.74) is 0.525. The minimum absolute atomic E-state index is 0.0806. The molecule has 1 aliphatic heterocycles. The molecule has 0 spiro atoms. The van der Waals surface area contributed by atoms with Crippen molar-refractivity contribution in [2.75, 3.05) is 51.8 Å². The summed E-state index contributed by atoms with van der Waals surface area (Å²) in [7, 11) is 2.02. The molecule has 0 radical (unpaired) electrons. The first-order valence-corrected chi connectivity index (χ1v) is 7.65. The average molecular weight is 323 g/mol. The van der Waals surface area contributed by atoms with E-state index in [1.54, 1.807) is 13.0 Å². The van der Waals surface area contributed by atoms with Crippen LogP contribution < -0.4 is 5.32 Å². The number of benzene rings is 1. The highest BCUT2D eigenvalue weighted by molar-refractivity contribution is 5.95. The summed E-state index contributed by atoms with van der Waals surface area (Å²) in [5, 5.41) is 12.6. The maximum atomic E-state index is 12.2. The fraction of sp³-hybridized carbons (Fsp3) is 0.500. The number of morpholine rings is 1. The second kappa shape index (κ2) is 7.43. The molecule has 2 rings (SSSR count). The summed E-state index contributed by atoms with van der Waals surface area (Å²) in [6.45, 7) is 5.15. The van der Waals surface area contributed by atoms with E-state index < -0.39 is 5.97 Å². The molecular weight excluding hydrogens is 300 g/mol. The third kappa shape index (κ3) is 4.67. The van der Waals surface area contributed by atoms with Gasteiger partial charge in [0.1, 0.15) is 24.4 Å². The van der Waals surface area contributed by atoms with Gasteiger partial charge in [0.25, 0.3) is 5.91 Å². The third-order valence-electron chi connectivity index (χ3n) is 3.85. The van der Waals surface area contributed by atoms with Crippen LogP contribution in [-0.4, -0.2) is 68.0 Å². The second-order valence-corrected chi connectivity index (χ2v) is 5.84. The van der Waals surface area contributed by atoms with Crippen molar-refractivity contribution in [2.45, 2.75) is 6.92 Å². The van der Waals surface area contributed by atoms with Gasteiger partial charge in [-0.05, 0) is 19.1 Å². The fourth-order valence-electron chi connectivity index (χ4n) is 2.48. The maximum Gasteiger partial charge on any atom is 0.341 e. The van der Waals surface area contributed by atoms with E-state index in [0.717, 1.165) is 13.1 Å². The lowest BCUT2D eigenvalue weighted by Crippen LogP contribution is -2.55. The Morgan fingerprint density at radius 1 is 1.35 bits per heavy atom. The van der Waals surface area contributed by atoms with Crippen molar-refractivity contribution in [3.8, 4) is 5.75 Å². The fourth-order valence-corrected chi connectivity index (χ4v) is 2.48. The van der Waals surface area contributed by atoms with Gasteiger partial charge < -0.3 is 24.4 Å². The Kier molecular flexibility index (Phi) is 5.57. The number of amides is 1. The van der Waals surface area contributed by atoms with Crippen LogP contribution in [0.2, 0.25) is 0 Å². The van der Waals surface area contributed by atoms with Gasteiger partial charge in [0.05, 0.1) is 26.9 Å². The number of hydrogen-bond acceptors (Lipinski definition) is 5. The van der Waals surface area contributed by atoms with Crippen molar-refractivity contribution in [3.63, 3.8) is 0 Å². The zero-order valence-corrected chi connectivity index (χ0v) is 13.5. The van der Waals surface area contributed by atoms with Gasteiger partial charge in [0.15, 0.2) is 6.54 Å². The average Bonchev–Trinajstić information content (AvgIpc) is 2.47. The first kappa shape index (κ1) is 17.2. The Morgan fingerprint density at radius 2 is 2.04 bits per heavy atom. The predicted octanol–water partition coefficient (Wildman–Crippen LogP) is 0.984. The number of aromatic hydroxyl groups is 1. The molecule has 0 bridgehead atoms. The Bertz CT molecular complexity index is 582.